The quantitative estimate of drug-likeness (QED) is 0.527. The van der Waals surface area contributed by atoms with Crippen molar-refractivity contribution < 1.29 is 10.2 Å². The highest BCUT2D eigenvalue weighted by molar-refractivity contribution is 5.25. The summed E-state index contributed by atoms with van der Waals surface area (Å²) in [4.78, 5) is 0. The Morgan fingerprint density at radius 2 is 2.14 bits per heavy atom. The van der Waals surface area contributed by atoms with Crippen molar-refractivity contribution in [3.05, 3.63) is 23.8 Å². The summed E-state index contributed by atoms with van der Waals surface area (Å²) in [6, 6.07) is 0. The number of hydrogen-bond donors (Lipinski definition) is 2. The monoisotopic (exact) mass is 194 g/mol. The van der Waals surface area contributed by atoms with Crippen LogP contribution in [0.2, 0.25) is 0 Å². The van der Waals surface area contributed by atoms with E-state index in [0.717, 1.165) is 11.1 Å². The van der Waals surface area contributed by atoms with E-state index in [1.165, 1.54) is 0 Å². The van der Waals surface area contributed by atoms with Gasteiger partial charge < -0.3 is 10.2 Å². The van der Waals surface area contributed by atoms with Crippen molar-refractivity contribution in [1.29, 1.82) is 0 Å². The molecule has 0 aliphatic heterocycles. The molecule has 2 N–H and O–H groups in total. The van der Waals surface area contributed by atoms with Crippen molar-refractivity contribution in [3.63, 3.8) is 0 Å². The zero-order valence-electron chi connectivity index (χ0n) is 8.88. The van der Waals surface area contributed by atoms with E-state index < -0.39 is 6.10 Å². The molecule has 78 valence electrons. The second kappa shape index (κ2) is 7.37. The van der Waals surface area contributed by atoms with Gasteiger partial charge in [0.15, 0.2) is 0 Å². The molecule has 0 heterocycles. The Morgan fingerprint density at radius 1 is 1.50 bits per heavy atom. The molecule has 1 unspecified atom stereocenters. The van der Waals surface area contributed by atoms with Crippen LogP contribution >= 0.6 is 0 Å². The van der Waals surface area contributed by atoms with Crippen molar-refractivity contribution in [2.75, 3.05) is 6.61 Å². The van der Waals surface area contributed by atoms with Crippen molar-refractivity contribution >= 4 is 0 Å². The van der Waals surface area contributed by atoms with Gasteiger partial charge in [-0.05, 0) is 25.8 Å². The van der Waals surface area contributed by atoms with E-state index in [9.17, 15) is 5.11 Å². The molecule has 0 radical (unpaired) electrons. The average Bonchev–Trinajstić information content (AvgIpc) is 2.11. The van der Waals surface area contributed by atoms with E-state index in [-0.39, 0.29) is 6.61 Å². The standard InChI is InChI=1S/C12H18O2/c1-10(2)6-7-12(14)9-11(3)5-4-8-13/h5,12-14H,1,4,8-9H2,2-3H3/b11-5-. The molecule has 0 bridgehead atoms. The molecule has 2 heteroatoms. The summed E-state index contributed by atoms with van der Waals surface area (Å²) in [5.74, 6) is 5.43. The first-order valence-corrected chi connectivity index (χ1v) is 4.68. The zero-order chi connectivity index (χ0) is 11.0. The molecule has 0 saturated carbocycles. The largest absolute Gasteiger partial charge is 0.396 e. The van der Waals surface area contributed by atoms with E-state index in [1.807, 2.05) is 13.0 Å². The molecule has 0 aliphatic rings. The van der Waals surface area contributed by atoms with Crippen LogP contribution in [-0.2, 0) is 0 Å². The predicted octanol–water partition coefficient (Wildman–Crippen LogP) is 1.65. The molecule has 14 heavy (non-hydrogen) atoms. The van der Waals surface area contributed by atoms with Crippen molar-refractivity contribution in [1.82, 2.24) is 0 Å². The first-order valence-electron chi connectivity index (χ1n) is 4.68. The second-order valence-corrected chi connectivity index (χ2v) is 3.33. The Labute approximate surface area is 86.0 Å². The number of rotatable bonds is 4. The third-order valence-corrected chi connectivity index (χ3v) is 1.59. The maximum absolute atomic E-state index is 9.45. The van der Waals surface area contributed by atoms with Crippen LogP contribution in [0, 0.1) is 11.8 Å². The summed E-state index contributed by atoms with van der Waals surface area (Å²) in [6.07, 6.45) is 2.43. The second-order valence-electron chi connectivity index (χ2n) is 3.33. The molecule has 2 nitrogen and oxygen atoms in total. The smallest absolute Gasteiger partial charge is 0.118 e. The molecule has 0 spiro atoms. The van der Waals surface area contributed by atoms with Crippen molar-refractivity contribution in [2.45, 2.75) is 32.8 Å². The van der Waals surface area contributed by atoms with Crippen LogP contribution in [0.15, 0.2) is 23.8 Å². The van der Waals surface area contributed by atoms with Crippen LogP contribution in [-0.4, -0.2) is 22.9 Å². The zero-order valence-corrected chi connectivity index (χ0v) is 8.88. The molecular weight excluding hydrogens is 176 g/mol. The fourth-order valence-corrected chi connectivity index (χ4v) is 0.957. The van der Waals surface area contributed by atoms with Crippen molar-refractivity contribution in [2.24, 2.45) is 0 Å². The number of hydrogen-bond acceptors (Lipinski definition) is 2. The van der Waals surface area contributed by atoms with Crippen LogP contribution in [0.3, 0.4) is 0 Å². The number of allylic oxidation sites excluding steroid dienone is 1. The van der Waals surface area contributed by atoms with Gasteiger partial charge in [0, 0.05) is 13.0 Å². The average molecular weight is 194 g/mol. The Hall–Kier alpha value is -1.04. The highest BCUT2D eigenvalue weighted by atomic mass is 16.3. The molecule has 0 amide bonds. The predicted molar refractivity (Wildman–Crippen MR) is 58.7 cm³/mol. The summed E-state index contributed by atoms with van der Waals surface area (Å²) < 4.78 is 0. The van der Waals surface area contributed by atoms with E-state index in [4.69, 9.17) is 5.11 Å². The molecular formula is C12H18O2. The third kappa shape index (κ3) is 7.60. The lowest BCUT2D eigenvalue weighted by Crippen LogP contribution is -2.03. The highest BCUT2D eigenvalue weighted by Gasteiger charge is 1.99. The Kier molecular flexibility index (Phi) is 6.82. The summed E-state index contributed by atoms with van der Waals surface area (Å²) in [6.45, 7) is 7.48. The SMILES string of the molecule is C=C(C)C#CC(O)C/C(C)=C\CCO. The van der Waals surface area contributed by atoms with Crippen molar-refractivity contribution in [3.8, 4) is 11.8 Å². The summed E-state index contributed by atoms with van der Waals surface area (Å²) in [7, 11) is 0. The molecule has 0 fully saturated rings. The lowest BCUT2D eigenvalue weighted by atomic mass is 10.1. The maximum Gasteiger partial charge on any atom is 0.118 e. The number of aliphatic hydroxyl groups is 2. The minimum atomic E-state index is -0.637. The fourth-order valence-electron chi connectivity index (χ4n) is 0.957. The first-order chi connectivity index (χ1) is 6.56. The van der Waals surface area contributed by atoms with E-state index in [0.29, 0.717) is 12.8 Å². The molecule has 0 aromatic rings. The van der Waals surface area contributed by atoms with Gasteiger partial charge in [-0.2, -0.15) is 0 Å². The Morgan fingerprint density at radius 3 is 2.64 bits per heavy atom. The van der Waals surface area contributed by atoms with E-state index in [1.54, 1.807) is 6.92 Å². The summed E-state index contributed by atoms with van der Waals surface area (Å²) >= 11 is 0. The number of aliphatic hydroxyl groups excluding tert-OH is 2. The summed E-state index contributed by atoms with van der Waals surface area (Å²) in [5, 5.41) is 18.0. The van der Waals surface area contributed by atoms with Crippen LogP contribution in [0.25, 0.3) is 0 Å². The summed E-state index contributed by atoms with van der Waals surface area (Å²) in [5.41, 5.74) is 1.80. The lowest BCUT2D eigenvalue weighted by Gasteiger charge is -2.03. The minimum absolute atomic E-state index is 0.144. The lowest BCUT2D eigenvalue weighted by molar-refractivity contribution is 0.232. The Bertz CT molecular complexity index is 266. The van der Waals surface area contributed by atoms with Crippen LogP contribution in [0.1, 0.15) is 26.7 Å². The van der Waals surface area contributed by atoms with Gasteiger partial charge in [0.25, 0.3) is 0 Å². The van der Waals surface area contributed by atoms with Gasteiger partial charge in [0.2, 0.25) is 0 Å². The molecule has 0 rings (SSSR count). The normalized spacial score (nSPS) is 13.0. The van der Waals surface area contributed by atoms with Gasteiger partial charge in [-0.1, -0.05) is 30.1 Å². The molecule has 0 aliphatic carbocycles. The van der Waals surface area contributed by atoms with Gasteiger partial charge in [-0.3, -0.25) is 0 Å². The minimum Gasteiger partial charge on any atom is -0.396 e. The fraction of sp³-hybridized carbons (Fsp3) is 0.500. The molecule has 1 atom stereocenters. The maximum atomic E-state index is 9.45. The van der Waals surface area contributed by atoms with Crippen LogP contribution in [0.4, 0.5) is 0 Å². The van der Waals surface area contributed by atoms with Gasteiger partial charge in [0.05, 0.1) is 0 Å². The molecule has 0 aromatic heterocycles. The van der Waals surface area contributed by atoms with E-state index in [2.05, 4.69) is 18.4 Å². The molecule has 0 aromatic carbocycles. The third-order valence-electron chi connectivity index (χ3n) is 1.59. The van der Waals surface area contributed by atoms with Gasteiger partial charge in [0.1, 0.15) is 6.10 Å². The van der Waals surface area contributed by atoms with Gasteiger partial charge in [-0.25, -0.2) is 0 Å². The van der Waals surface area contributed by atoms with Crippen LogP contribution < -0.4 is 0 Å². The van der Waals surface area contributed by atoms with Gasteiger partial charge >= 0.3 is 0 Å². The topological polar surface area (TPSA) is 40.5 Å². The van der Waals surface area contributed by atoms with Gasteiger partial charge in [-0.15, -0.1) is 0 Å². The molecule has 0 saturated heterocycles. The van der Waals surface area contributed by atoms with Crippen LogP contribution in [0.5, 0.6) is 0 Å². The first kappa shape index (κ1) is 13.0. The van der Waals surface area contributed by atoms with E-state index >= 15 is 0 Å². The highest BCUT2D eigenvalue weighted by Crippen LogP contribution is 2.05. The Balaban J connectivity index is 4.01.